The van der Waals surface area contributed by atoms with Crippen molar-refractivity contribution in [3.05, 3.63) is 35.9 Å². The van der Waals surface area contributed by atoms with E-state index in [1.807, 2.05) is 30.3 Å². The van der Waals surface area contributed by atoms with E-state index in [4.69, 9.17) is 9.84 Å². The Labute approximate surface area is 123 Å². The highest BCUT2D eigenvalue weighted by Gasteiger charge is 2.55. The first-order valence-corrected chi connectivity index (χ1v) is 7.26. The SMILES string of the molecule is O=C(O)CC12CCC1CN(C(=O)OCc1ccccc1)C2. The molecule has 1 aliphatic carbocycles. The summed E-state index contributed by atoms with van der Waals surface area (Å²) in [5, 5.41) is 9.03. The van der Waals surface area contributed by atoms with Gasteiger partial charge in [0.05, 0.1) is 6.42 Å². The predicted octanol–water partition coefficient (Wildman–Crippen LogP) is 2.51. The molecule has 2 fully saturated rings. The third kappa shape index (κ3) is 2.73. The maximum absolute atomic E-state index is 12.1. The number of carboxylic acid groups (broad SMARTS) is 1. The molecule has 0 bridgehead atoms. The molecule has 1 aliphatic heterocycles. The van der Waals surface area contributed by atoms with Crippen LogP contribution in [0.1, 0.15) is 24.8 Å². The standard InChI is InChI=1S/C16H19NO4/c18-14(19)8-16-7-6-13(16)9-17(11-16)15(20)21-10-12-4-2-1-3-5-12/h1-5,13H,6-11H2,(H,18,19). The molecule has 1 N–H and O–H groups in total. The van der Waals surface area contributed by atoms with E-state index in [1.165, 1.54) is 0 Å². The van der Waals surface area contributed by atoms with Crippen LogP contribution in [0.3, 0.4) is 0 Å². The number of aliphatic carboxylic acids is 1. The van der Waals surface area contributed by atoms with E-state index in [0.717, 1.165) is 18.4 Å². The van der Waals surface area contributed by atoms with Gasteiger partial charge in [0, 0.05) is 18.5 Å². The molecule has 1 heterocycles. The van der Waals surface area contributed by atoms with Crippen LogP contribution in [0, 0.1) is 11.3 Å². The van der Waals surface area contributed by atoms with Crippen LogP contribution < -0.4 is 0 Å². The van der Waals surface area contributed by atoms with Gasteiger partial charge in [-0.3, -0.25) is 4.79 Å². The molecule has 0 aromatic heterocycles. The second-order valence-electron chi connectivity index (χ2n) is 6.09. The molecule has 1 amide bonds. The first-order valence-electron chi connectivity index (χ1n) is 7.26. The van der Waals surface area contributed by atoms with Crippen LogP contribution >= 0.6 is 0 Å². The number of carbonyl (C=O) groups excluding carboxylic acids is 1. The number of nitrogens with zero attached hydrogens (tertiary/aromatic N) is 1. The number of hydrogen-bond acceptors (Lipinski definition) is 3. The molecule has 1 aromatic carbocycles. The lowest BCUT2D eigenvalue weighted by Gasteiger charge is -2.42. The number of carboxylic acids is 1. The van der Waals surface area contributed by atoms with Crippen LogP contribution in [0.2, 0.25) is 0 Å². The molecule has 112 valence electrons. The van der Waals surface area contributed by atoms with Gasteiger partial charge in [-0.2, -0.15) is 0 Å². The quantitative estimate of drug-likeness (QED) is 0.925. The lowest BCUT2D eigenvalue weighted by molar-refractivity contribution is -0.142. The number of hydrogen-bond donors (Lipinski definition) is 1. The third-order valence-corrected chi connectivity index (χ3v) is 4.77. The average molecular weight is 289 g/mol. The summed E-state index contributed by atoms with van der Waals surface area (Å²) in [7, 11) is 0. The summed E-state index contributed by atoms with van der Waals surface area (Å²) in [6.07, 6.45) is 1.72. The molecule has 0 spiro atoms. The van der Waals surface area contributed by atoms with Crippen molar-refractivity contribution in [1.29, 1.82) is 0 Å². The first kappa shape index (κ1) is 13.9. The average Bonchev–Trinajstić information content (AvgIpc) is 2.70. The molecular weight excluding hydrogens is 270 g/mol. The Morgan fingerprint density at radius 1 is 1.33 bits per heavy atom. The Balaban J connectivity index is 1.56. The van der Waals surface area contributed by atoms with Crippen molar-refractivity contribution in [2.75, 3.05) is 13.1 Å². The maximum atomic E-state index is 12.1. The van der Waals surface area contributed by atoms with Crippen LogP contribution in [0.4, 0.5) is 4.79 Å². The normalized spacial score (nSPS) is 26.9. The minimum absolute atomic E-state index is 0.153. The maximum Gasteiger partial charge on any atom is 0.410 e. The highest BCUT2D eigenvalue weighted by Crippen LogP contribution is 2.54. The van der Waals surface area contributed by atoms with E-state index in [0.29, 0.717) is 19.0 Å². The molecule has 21 heavy (non-hydrogen) atoms. The number of rotatable bonds is 4. The Hall–Kier alpha value is -2.04. The fourth-order valence-corrected chi connectivity index (χ4v) is 3.50. The van der Waals surface area contributed by atoms with Crippen LogP contribution in [0.15, 0.2) is 30.3 Å². The summed E-state index contributed by atoms with van der Waals surface area (Å²) in [6.45, 7) is 1.39. The number of amides is 1. The minimum Gasteiger partial charge on any atom is -0.481 e. The van der Waals surface area contributed by atoms with Crippen molar-refractivity contribution < 1.29 is 19.4 Å². The summed E-state index contributed by atoms with van der Waals surface area (Å²) in [6, 6.07) is 9.54. The van der Waals surface area contributed by atoms with E-state index < -0.39 is 5.97 Å². The van der Waals surface area contributed by atoms with Crippen LogP contribution in [0.25, 0.3) is 0 Å². The number of carbonyl (C=O) groups is 2. The summed E-state index contributed by atoms with van der Waals surface area (Å²) in [4.78, 5) is 24.8. The van der Waals surface area contributed by atoms with Crippen molar-refractivity contribution >= 4 is 12.1 Å². The second kappa shape index (κ2) is 5.39. The van der Waals surface area contributed by atoms with Gasteiger partial charge >= 0.3 is 12.1 Å². The second-order valence-corrected chi connectivity index (χ2v) is 6.09. The Morgan fingerprint density at radius 3 is 2.71 bits per heavy atom. The molecule has 0 radical (unpaired) electrons. The Bertz CT molecular complexity index is 544. The van der Waals surface area contributed by atoms with E-state index in [-0.39, 0.29) is 24.5 Å². The summed E-state index contributed by atoms with van der Waals surface area (Å²) >= 11 is 0. The summed E-state index contributed by atoms with van der Waals surface area (Å²) in [5.74, 6) is -0.461. The molecule has 1 saturated carbocycles. The molecule has 1 aromatic rings. The highest BCUT2D eigenvalue weighted by molar-refractivity contribution is 5.70. The predicted molar refractivity (Wildman–Crippen MR) is 75.6 cm³/mol. The molecule has 1 saturated heterocycles. The fourth-order valence-electron chi connectivity index (χ4n) is 3.50. The van der Waals surface area contributed by atoms with Crippen LogP contribution in [0.5, 0.6) is 0 Å². The van der Waals surface area contributed by atoms with E-state index >= 15 is 0 Å². The van der Waals surface area contributed by atoms with Gasteiger partial charge in [0.1, 0.15) is 6.61 Å². The zero-order valence-electron chi connectivity index (χ0n) is 11.8. The van der Waals surface area contributed by atoms with Gasteiger partial charge in [0.2, 0.25) is 0 Å². The first-order chi connectivity index (χ1) is 10.1. The Morgan fingerprint density at radius 2 is 2.10 bits per heavy atom. The van der Waals surface area contributed by atoms with Crippen molar-refractivity contribution in [1.82, 2.24) is 4.90 Å². The van der Waals surface area contributed by atoms with Crippen LogP contribution in [-0.4, -0.2) is 35.2 Å². The Kier molecular flexibility index (Phi) is 3.57. The van der Waals surface area contributed by atoms with Crippen LogP contribution in [-0.2, 0) is 16.1 Å². The highest BCUT2D eigenvalue weighted by atomic mass is 16.6. The van der Waals surface area contributed by atoms with Gasteiger partial charge in [-0.25, -0.2) is 4.79 Å². The van der Waals surface area contributed by atoms with Gasteiger partial charge in [-0.1, -0.05) is 30.3 Å². The zero-order chi connectivity index (χ0) is 14.9. The lowest BCUT2D eigenvalue weighted by Crippen LogP contribution is -2.41. The molecule has 2 aliphatic rings. The van der Waals surface area contributed by atoms with Gasteiger partial charge in [0.15, 0.2) is 0 Å². The van der Waals surface area contributed by atoms with Crippen molar-refractivity contribution in [3.8, 4) is 0 Å². The smallest absolute Gasteiger partial charge is 0.410 e. The summed E-state index contributed by atoms with van der Waals surface area (Å²) < 4.78 is 5.33. The van der Waals surface area contributed by atoms with Gasteiger partial charge < -0.3 is 14.7 Å². The van der Waals surface area contributed by atoms with E-state index in [2.05, 4.69) is 0 Å². The lowest BCUT2D eigenvalue weighted by atomic mass is 9.60. The largest absolute Gasteiger partial charge is 0.481 e. The molecule has 5 heteroatoms. The minimum atomic E-state index is -0.779. The van der Waals surface area contributed by atoms with Crippen molar-refractivity contribution in [2.45, 2.75) is 25.9 Å². The van der Waals surface area contributed by atoms with Gasteiger partial charge in [-0.15, -0.1) is 0 Å². The van der Waals surface area contributed by atoms with E-state index in [9.17, 15) is 9.59 Å². The number of ether oxygens (including phenoxy) is 1. The molecule has 2 unspecified atom stereocenters. The zero-order valence-corrected chi connectivity index (χ0v) is 11.8. The molecule has 2 atom stereocenters. The van der Waals surface area contributed by atoms with Crippen molar-refractivity contribution in [2.24, 2.45) is 11.3 Å². The third-order valence-electron chi connectivity index (χ3n) is 4.77. The summed E-state index contributed by atoms with van der Waals surface area (Å²) in [5.41, 5.74) is 0.741. The molecule has 5 nitrogen and oxygen atoms in total. The van der Waals surface area contributed by atoms with E-state index in [1.54, 1.807) is 4.90 Å². The monoisotopic (exact) mass is 289 g/mol. The van der Waals surface area contributed by atoms with Crippen molar-refractivity contribution in [3.63, 3.8) is 0 Å². The number of fused-ring (bicyclic) bond motifs is 1. The number of likely N-dealkylation sites (tertiary alicyclic amines) is 1. The molecular formula is C16H19NO4. The molecule has 3 rings (SSSR count). The van der Waals surface area contributed by atoms with Gasteiger partial charge in [-0.05, 0) is 24.3 Å². The van der Waals surface area contributed by atoms with Gasteiger partial charge in [0.25, 0.3) is 0 Å². The fraction of sp³-hybridized carbons (Fsp3) is 0.500. The number of benzene rings is 1. The topological polar surface area (TPSA) is 66.8 Å².